The second kappa shape index (κ2) is 7.80. The Bertz CT molecular complexity index is 460. The number of aliphatic hydroxyl groups is 1. The monoisotopic (exact) mass is 330 g/mol. The molecule has 1 aliphatic rings. The fraction of sp³-hybridized carbons (Fsp3) is 0.625. The van der Waals surface area contributed by atoms with Crippen LogP contribution in [0.15, 0.2) is 18.2 Å². The van der Waals surface area contributed by atoms with Crippen molar-refractivity contribution in [3.05, 3.63) is 33.8 Å². The van der Waals surface area contributed by atoms with Gasteiger partial charge in [-0.1, -0.05) is 43.1 Å². The number of halogens is 2. The molecule has 21 heavy (non-hydrogen) atoms. The molecule has 0 spiro atoms. The van der Waals surface area contributed by atoms with Gasteiger partial charge < -0.3 is 10.0 Å². The van der Waals surface area contributed by atoms with Crippen molar-refractivity contribution >= 4 is 23.2 Å². The second-order valence-corrected chi connectivity index (χ2v) is 7.02. The summed E-state index contributed by atoms with van der Waals surface area (Å²) in [6.45, 7) is 10.4. The molecule has 0 aliphatic carbocycles. The molecule has 1 fully saturated rings. The van der Waals surface area contributed by atoms with Crippen molar-refractivity contribution in [2.75, 3.05) is 39.3 Å². The molecule has 0 aromatic heterocycles. The van der Waals surface area contributed by atoms with Crippen LogP contribution in [0.5, 0.6) is 0 Å². The van der Waals surface area contributed by atoms with Crippen molar-refractivity contribution in [2.45, 2.75) is 20.0 Å². The van der Waals surface area contributed by atoms with E-state index in [1.807, 2.05) is 6.07 Å². The zero-order valence-corrected chi connectivity index (χ0v) is 14.2. The van der Waals surface area contributed by atoms with Crippen molar-refractivity contribution in [1.29, 1.82) is 0 Å². The molecule has 3 nitrogen and oxygen atoms in total. The summed E-state index contributed by atoms with van der Waals surface area (Å²) in [7, 11) is 0. The maximum absolute atomic E-state index is 10.4. The highest BCUT2D eigenvalue weighted by Crippen LogP contribution is 2.27. The van der Waals surface area contributed by atoms with E-state index in [9.17, 15) is 5.11 Å². The molecule has 5 heteroatoms. The third-order valence-corrected chi connectivity index (χ3v) is 4.40. The fourth-order valence-corrected chi connectivity index (χ4v) is 3.32. The van der Waals surface area contributed by atoms with Gasteiger partial charge in [0.25, 0.3) is 0 Å². The minimum Gasteiger partial charge on any atom is -0.387 e. The van der Waals surface area contributed by atoms with E-state index in [-0.39, 0.29) is 0 Å². The van der Waals surface area contributed by atoms with Gasteiger partial charge in [0.05, 0.1) is 6.10 Å². The molecule has 118 valence electrons. The minimum absolute atomic E-state index is 0.536. The summed E-state index contributed by atoms with van der Waals surface area (Å²) >= 11 is 12.0. The number of hydrogen-bond donors (Lipinski definition) is 1. The molecule has 0 radical (unpaired) electrons. The number of nitrogens with zero attached hydrogens (tertiary/aromatic N) is 2. The lowest BCUT2D eigenvalue weighted by atomic mass is 10.1. The fourth-order valence-electron chi connectivity index (χ4n) is 2.79. The van der Waals surface area contributed by atoms with Gasteiger partial charge in [-0.2, -0.15) is 0 Å². The average Bonchev–Trinajstić information content (AvgIpc) is 2.40. The van der Waals surface area contributed by atoms with Crippen LogP contribution in [0.3, 0.4) is 0 Å². The lowest BCUT2D eigenvalue weighted by Gasteiger charge is -2.36. The normalized spacial score (nSPS) is 19.1. The Morgan fingerprint density at radius 1 is 1.05 bits per heavy atom. The first-order valence-electron chi connectivity index (χ1n) is 7.53. The molecule has 0 amide bonds. The van der Waals surface area contributed by atoms with Gasteiger partial charge in [-0.15, -0.1) is 0 Å². The van der Waals surface area contributed by atoms with Crippen LogP contribution < -0.4 is 0 Å². The molecular weight excluding hydrogens is 307 g/mol. The summed E-state index contributed by atoms with van der Waals surface area (Å²) < 4.78 is 0. The standard InChI is InChI=1S/C16H24Cl2N2O/c1-12(2)10-19-5-7-20(8-6-19)11-16(21)14-4-3-13(17)9-15(14)18/h3-4,9,12,16,21H,5-8,10-11H2,1-2H3. The van der Waals surface area contributed by atoms with Gasteiger partial charge in [-0.3, -0.25) is 4.90 Å². The third-order valence-electron chi connectivity index (χ3n) is 3.84. The molecular formula is C16H24Cl2N2O. The quantitative estimate of drug-likeness (QED) is 0.897. The molecule has 0 bridgehead atoms. The maximum Gasteiger partial charge on any atom is 0.0931 e. The van der Waals surface area contributed by atoms with Gasteiger partial charge >= 0.3 is 0 Å². The van der Waals surface area contributed by atoms with Crippen LogP contribution in [0, 0.1) is 5.92 Å². The van der Waals surface area contributed by atoms with Gasteiger partial charge in [0.2, 0.25) is 0 Å². The molecule has 1 N–H and O–H groups in total. The summed E-state index contributed by atoms with van der Waals surface area (Å²) in [6.07, 6.45) is -0.564. The Hall–Kier alpha value is -0.320. The predicted molar refractivity (Wildman–Crippen MR) is 89.1 cm³/mol. The first kappa shape index (κ1) is 17.0. The first-order valence-corrected chi connectivity index (χ1v) is 8.29. The van der Waals surface area contributed by atoms with E-state index in [1.54, 1.807) is 12.1 Å². The smallest absolute Gasteiger partial charge is 0.0931 e. The van der Waals surface area contributed by atoms with E-state index in [1.165, 1.54) is 0 Å². The topological polar surface area (TPSA) is 26.7 Å². The minimum atomic E-state index is -0.564. The van der Waals surface area contributed by atoms with Gasteiger partial charge in [0, 0.05) is 54.9 Å². The highest BCUT2D eigenvalue weighted by molar-refractivity contribution is 6.35. The number of piperazine rings is 1. The number of rotatable bonds is 5. The highest BCUT2D eigenvalue weighted by atomic mass is 35.5. The molecule has 1 aromatic rings. The van der Waals surface area contributed by atoms with Gasteiger partial charge in [0.1, 0.15) is 0 Å². The van der Waals surface area contributed by atoms with Crippen molar-refractivity contribution in [3.8, 4) is 0 Å². The number of hydrogen-bond acceptors (Lipinski definition) is 3. The van der Waals surface area contributed by atoms with E-state index >= 15 is 0 Å². The van der Waals surface area contributed by atoms with E-state index in [4.69, 9.17) is 23.2 Å². The Balaban J connectivity index is 1.85. The van der Waals surface area contributed by atoms with Gasteiger partial charge in [-0.05, 0) is 18.1 Å². The molecule has 1 aromatic carbocycles. The van der Waals surface area contributed by atoms with E-state index in [2.05, 4.69) is 23.6 Å². The molecule has 1 unspecified atom stereocenters. The Kier molecular flexibility index (Phi) is 6.33. The number of aliphatic hydroxyl groups excluding tert-OH is 1. The van der Waals surface area contributed by atoms with Crippen molar-refractivity contribution in [3.63, 3.8) is 0 Å². The van der Waals surface area contributed by atoms with Gasteiger partial charge in [0.15, 0.2) is 0 Å². The number of β-amino-alcohol motifs (C(OH)–C–C–N with tert-alkyl or cyclic N) is 1. The summed E-state index contributed by atoms with van der Waals surface area (Å²) in [5.74, 6) is 0.704. The number of benzene rings is 1. The zero-order valence-electron chi connectivity index (χ0n) is 12.7. The van der Waals surface area contributed by atoms with Crippen LogP contribution in [0.25, 0.3) is 0 Å². The summed E-state index contributed by atoms with van der Waals surface area (Å²) in [5, 5.41) is 11.5. The van der Waals surface area contributed by atoms with Crippen LogP contribution in [0.4, 0.5) is 0 Å². The zero-order chi connectivity index (χ0) is 15.4. The van der Waals surface area contributed by atoms with Gasteiger partial charge in [-0.25, -0.2) is 0 Å². The summed E-state index contributed by atoms with van der Waals surface area (Å²) in [4.78, 5) is 4.79. The van der Waals surface area contributed by atoms with Crippen molar-refractivity contribution in [1.82, 2.24) is 9.80 Å². The van der Waals surface area contributed by atoms with Crippen LogP contribution in [-0.2, 0) is 0 Å². The largest absolute Gasteiger partial charge is 0.387 e. The van der Waals surface area contributed by atoms with Crippen LogP contribution >= 0.6 is 23.2 Å². The Labute approximate surface area is 137 Å². The van der Waals surface area contributed by atoms with Crippen LogP contribution in [0.1, 0.15) is 25.5 Å². The third kappa shape index (κ3) is 5.11. The first-order chi connectivity index (χ1) is 9.95. The Morgan fingerprint density at radius 2 is 1.62 bits per heavy atom. The molecule has 1 aliphatic heterocycles. The lowest BCUT2D eigenvalue weighted by Crippen LogP contribution is -2.48. The van der Waals surface area contributed by atoms with E-state index in [0.717, 1.165) is 38.3 Å². The highest BCUT2D eigenvalue weighted by Gasteiger charge is 2.21. The predicted octanol–water partition coefficient (Wildman–Crippen LogP) is 3.30. The molecule has 0 saturated carbocycles. The lowest BCUT2D eigenvalue weighted by molar-refractivity contribution is 0.0688. The molecule has 1 heterocycles. The van der Waals surface area contributed by atoms with Crippen LogP contribution in [0.2, 0.25) is 10.0 Å². The summed E-state index contributed by atoms with van der Waals surface area (Å²) in [5.41, 5.74) is 0.755. The van der Waals surface area contributed by atoms with Crippen molar-refractivity contribution < 1.29 is 5.11 Å². The second-order valence-electron chi connectivity index (χ2n) is 6.18. The summed E-state index contributed by atoms with van der Waals surface area (Å²) in [6, 6.07) is 5.26. The maximum atomic E-state index is 10.4. The van der Waals surface area contributed by atoms with E-state index < -0.39 is 6.10 Å². The van der Waals surface area contributed by atoms with Crippen molar-refractivity contribution in [2.24, 2.45) is 5.92 Å². The Morgan fingerprint density at radius 3 is 2.14 bits per heavy atom. The molecule has 1 atom stereocenters. The average molecular weight is 331 g/mol. The van der Waals surface area contributed by atoms with E-state index in [0.29, 0.717) is 22.5 Å². The van der Waals surface area contributed by atoms with Crippen LogP contribution in [-0.4, -0.2) is 54.2 Å². The SMILES string of the molecule is CC(C)CN1CCN(CC(O)c2ccc(Cl)cc2Cl)CC1. The molecule has 1 saturated heterocycles. The molecule has 2 rings (SSSR count).